The van der Waals surface area contributed by atoms with E-state index in [4.69, 9.17) is 12.3 Å². The number of nitrogens with zero attached hydrogens (tertiary/aromatic N) is 4. The molecule has 3 atom stereocenters. The summed E-state index contributed by atoms with van der Waals surface area (Å²) in [5.74, 6) is -2.73. The van der Waals surface area contributed by atoms with Crippen LogP contribution in [0.25, 0.3) is 16.7 Å². The van der Waals surface area contributed by atoms with Gasteiger partial charge in [-0.15, -0.1) is 0 Å². The Kier molecular flexibility index (Phi) is 6.07. The molecule has 0 unspecified atom stereocenters. The van der Waals surface area contributed by atoms with Gasteiger partial charge in [0.05, 0.1) is 24.3 Å². The zero-order chi connectivity index (χ0) is 24.7. The topological polar surface area (TPSA) is 97.6 Å². The first kappa shape index (κ1) is 23.7. The van der Waals surface area contributed by atoms with E-state index in [9.17, 15) is 22.4 Å². The number of thioether (sulfide) groups is 1. The molecule has 2 aromatic heterocycles. The van der Waals surface area contributed by atoms with E-state index in [1.165, 1.54) is 24.4 Å². The van der Waals surface area contributed by atoms with Crippen LogP contribution >= 0.6 is 11.8 Å². The van der Waals surface area contributed by atoms with Gasteiger partial charge in [0, 0.05) is 23.9 Å². The molecule has 0 radical (unpaired) electrons. The third-order valence-corrected chi connectivity index (χ3v) is 7.14. The standard InChI is InChI=1S/C22H18F4N6OS/c1-21(16-7-22(16,34-20(27)32-21)19(33)31-10-17(24)25)13-5-11(8-30-18(13)26)6-14(23)15-4-3-12(28-2)9-29-15/h3-6,8-9,16-17H,7,10H2,1H3,(H2,27,32)(H,31,33)/b14-6-/t16-,21+,22-/m0/s1. The number of hydrogen-bond acceptors (Lipinski definition) is 6. The van der Waals surface area contributed by atoms with Crippen LogP contribution in [0.5, 0.6) is 0 Å². The second-order valence-electron chi connectivity index (χ2n) is 8.06. The summed E-state index contributed by atoms with van der Waals surface area (Å²) in [6, 6.07) is 4.13. The largest absolute Gasteiger partial charge is 0.378 e. The summed E-state index contributed by atoms with van der Waals surface area (Å²) >= 11 is 0.967. The van der Waals surface area contributed by atoms with Gasteiger partial charge in [-0.25, -0.2) is 23.0 Å². The van der Waals surface area contributed by atoms with Crippen LogP contribution in [0.2, 0.25) is 0 Å². The SMILES string of the molecule is [C-]#[N+]c1ccc(/C(F)=C/c2cnc(F)c([C@@]3(C)N=C(N)S[C@@]4(C(=O)NCC(F)F)C[C@H]43)c2)nc1. The average molecular weight is 490 g/mol. The number of hydrogen-bond donors (Lipinski definition) is 2. The van der Waals surface area contributed by atoms with E-state index in [0.29, 0.717) is 0 Å². The summed E-state index contributed by atoms with van der Waals surface area (Å²) in [7, 11) is 0. The number of rotatable bonds is 6. The molecule has 1 aliphatic carbocycles. The lowest BCUT2D eigenvalue weighted by Crippen LogP contribution is -2.45. The van der Waals surface area contributed by atoms with Crippen LogP contribution in [-0.4, -0.2) is 38.8 Å². The number of halogens is 4. The second kappa shape index (κ2) is 8.72. The van der Waals surface area contributed by atoms with E-state index >= 15 is 0 Å². The number of amidine groups is 1. The molecule has 4 rings (SSSR count). The molecule has 1 saturated carbocycles. The summed E-state index contributed by atoms with van der Waals surface area (Å²) in [6.07, 6.45) is 1.01. The molecule has 7 nitrogen and oxygen atoms in total. The first-order valence-electron chi connectivity index (χ1n) is 10.1. The summed E-state index contributed by atoms with van der Waals surface area (Å²) in [4.78, 5) is 27.8. The fraction of sp³-hybridized carbons (Fsp3) is 0.318. The van der Waals surface area contributed by atoms with Gasteiger partial charge >= 0.3 is 0 Å². The number of fused-ring (bicyclic) bond motifs is 1. The summed E-state index contributed by atoms with van der Waals surface area (Å²) in [6.45, 7) is 7.71. The first-order valence-corrected chi connectivity index (χ1v) is 10.9. The molecule has 0 bridgehead atoms. The van der Waals surface area contributed by atoms with Crippen LogP contribution in [0.4, 0.5) is 23.2 Å². The third-order valence-electron chi connectivity index (χ3n) is 5.84. The highest BCUT2D eigenvalue weighted by molar-refractivity contribution is 8.15. The molecule has 2 aliphatic rings. The number of alkyl halides is 2. The number of aliphatic imine (C=N–C) groups is 1. The van der Waals surface area contributed by atoms with E-state index in [2.05, 4.69) is 25.1 Å². The summed E-state index contributed by atoms with van der Waals surface area (Å²) in [5, 5.41) is 2.22. The number of carbonyl (C=O) groups excluding carboxylic acids is 1. The Labute approximate surface area is 196 Å². The van der Waals surface area contributed by atoms with Crippen LogP contribution in [0.15, 0.2) is 35.6 Å². The van der Waals surface area contributed by atoms with Gasteiger partial charge in [-0.1, -0.05) is 17.8 Å². The Morgan fingerprint density at radius 1 is 1.41 bits per heavy atom. The molecule has 1 aliphatic heterocycles. The van der Waals surface area contributed by atoms with Gasteiger partial charge in [-0.2, -0.15) is 4.39 Å². The van der Waals surface area contributed by atoms with E-state index in [0.717, 1.165) is 24.0 Å². The predicted molar refractivity (Wildman–Crippen MR) is 120 cm³/mol. The van der Waals surface area contributed by atoms with Gasteiger partial charge in [0.1, 0.15) is 10.6 Å². The lowest BCUT2D eigenvalue weighted by Gasteiger charge is -2.33. The summed E-state index contributed by atoms with van der Waals surface area (Å²) in [5.41, 5.74) is 5.09. The number of nitrogens with two attached hydrogens (primary N) is 1. The van der Waals surface area contributed by atoms with E-state index in [1.54, 1.807) is 6.92 Å². The number of aromatic nitrogens is 2. The number of amides is 1. The van der Waals surface area contributed by atoms with Crippen molar-refractivity contribution in [2.75, 3.05) is 6.54 Å². The minimum atomic E-state index is -2.71. The van der Waals surface area contributed by atoms with E-state index in [1.807, 2.05) is 0 Å². The maximum absolute atomic E-state index is 14.9. The number of nitrogens with one attached hydrogen (secondary N) is 1. The Morgan fingerprint density at radius 3 is 2.82 bits per heavy atom. The van der Waals surface area contributed by atoms with Crippen LogP contribution < -0.4 is 11.1 Å². The van der Waals surface area contributed by atoms with Crippen molar-refractivity contribution in [3.63, 3.8) is 0 Å². The van der Waals surface area contributed by atoms with Gasteiger partial charge in [0.25, 0.3) is 6.43 Å². The normalized spacial score (nSPS) is 25.9. The van der Waals surface area contributed by atoms with Gasteiger partial charge in [-0.05, 0) is 37.1 Å². The van der Waals surface area contributed by atoms with Crippen molar-refractivity contribution in [1.29, 1.82) is 0 Å². The maximum Gasteiger partial charge on any atom is 0.255 e. The zero-order valence-electron chi connectivity index (χ0n) is 17.7. The van der Waals surface area contributed by atoms with Crippen molar-refractivity contribution in [2.24, 2.45) is 16.6 Å². The predicted octanol–water partition coefficient (Wildman–Crippen LogP) is 4.05. The van der Waals surface area contributed by atoms with Crippen molar-refractivity contribution >= 4 is 40.4 Å². The lowest BCUT2D eigenvalue weighted by molar-refractivity contribution is -0.122. The molecule has 12 heteroatoms. The quantitative estimate of drug-likeness (QED) is 0.362. The van der Waals surface area contributed by atoms with Crippen molar-refractivity contribution < 1.29 is 22.4 Å². The molecule has 0 saturated heterocycles. The average Bonchev–Trinajstić information content (AvgIpc) is 3.55. The Bertz CT molecular complexity index is 1240. The fourth-order valence-corrected chi connectivity index (χ4v) is 5.50. The molecule has 0 spiro atoms. The van der Waals surface area contributed by atoms with Crippen molar-refractivity contribution in [1.82, 2.24) is 15.3 Å². The summed E-state index contributed by atoms with van der Waals surface area (Å²) < 4.78 is 53.6. The molecule has 3 N–H and O–H groups in total. The van der Waals surface area contributed by atoms with Crippen LogP contribution in [0.1, 0.15) is 30.2 Å². The highest BCUT2D eigenvalue weighted by atomic mass is 32.2. The minimum absolute atomic E-state index is 0.00199. The maximum atomic E-state index is 14.9. The van der Waals surface area contributed by atoms with Gasteiger partial charge in [0.15, 0.2) is 5.17 Å². The smallest absolute Gasteiger partial charge is 0.255 e. The van der Waals surface area contributed by atoms with Gasteiger partial charge in [-0.3, -0.25) is 14.8 Å². The fourth-order valence-electron chi connectivity index (χ4n) is 4.10. The second-order valence-corrected chi connectivity index (χ2v) is 9.41. The van der Waals surface area contributed by atoms with Gasteiger partial charge in [0.2, 0.25) is 17.5 Å². The number of pyridine rings is 2. The monoisotopic (exact) mass is 490 g/mol. The van der Waals surface area contributed by atoms with E-state index in [-0.39, 0.29) is 34.1 Å². The molecule has 0 aromatic carbocycles. The highest BCUT2D eigenvalue weighted by Crippen LogP contribution is 2.66. The minimum Gasteiger partial charge on any atom is -0.378 e. The number of carbonyl (C=O) groups is 1. The molecular weight excluding hydrogens is 472 g/mol. The van der Waals surface area contributed by atoms with Crippen LogP contribution in [-0.2, 0) is 10.3 Å². The van der Waals surface area contributed by atoms with Crippen LogP contribution in [0, 0.1) is 18.4 Å². The Balaban J connectivity index is 1.66. The molecule has 176 valence electrons. The van der Waals surface area contributed by atoms with Crippen molar-refractivity contribution in [2.45, 2.75) is 30.1 Å². The first-order chi connectivity index (χ1) is 16.1. The van der Waals surface area contributed by atoms with Gasteiger partial charge < -0.3 is 11.1 Å². The molecule has 3 heterocycles. The molecule has 1 fully saturated rings. The van der Waals surface area contributed by atoms with E-state index < -0.39 is 46.9 Å². The van der Waals surface area contributed by atoms with Crippen LogP contribution in [0.3, 0.4) is 0 Å². The zero-order valence-corrected chi connectivity index (χ0v) is 18.5. The lowest BCUT2D eigenvalue weighted by atomic mass is 9.86. The third kappa shape index (κ3) is 4.23. The molecule has 2 aromatic rings. The Hall–Kier alpha value is -3.46. The molecular formula is C22H18F4N6OS. The highest BCUT2D eigenvalue weighted by Gasteiger charge is 2.70. The Morgan fingerprint density at radius 2 is 2.18 bits per heavy atom. The molecule has 34 heavy (non-hydrogen) atoms. The van der Waals surface area contributed by atoms with Crippen molar-refractivity contribution in [3.8, 4) is 0 Å². The van der Waals surface area contributed by atoms with Crippen molar-refractivity contribution in [3.05, 3.63) is 64.8 Å². The molecule has 1 amide bonds.